The van der Waals surface area contributed by atoms with Crippen LogP contribution in [0.3, 0.4) is 0 Å². The monoisotopic (exact) mass is 372 g/mol. The topological polar surface area (TPSA) is 80.5 Å². The summed E-state index contributed by atoms with van der Waals surface area (Å²) in [6, 6.07) is 13.7. The average Bonchev–Trinajstić information content (AvgIpc) is 2.60. The van der Waals surface area contributed by atoms with E-state index >= 15 is 0 Å². The van der Waals surface area contributed by atoms with Crippen molar-refractivity contribution >= 4 is 21.6 Å². The number of benzene rings is 2. The summed E-state index contributed by atoms with van der Waals surface area (Å²) in [5.74, 6) is -0.573. The zero-order valence-corrected chi connectivity index (χ0v) is 16.0. The van der Waals surface area contributed by atoms with Crippen molar-refractivity contribution < 1.29 is 13.2 Å². The summed E-state index contributed by atoms with van der Waals surface area (Å²) in [5.41, 5.74) is 7.83. The molecule has 0 saturated heterocycles. The van der Waals surface area contributed by atoms with Gasteiger partial charge in [-0.2, -0.15) is 0 Å². The fraction of sp³-hybridized carbons (Fsp3) is 0.350. The number of amides is 1. The molecule has 26 heavy (non-hydrogen) atoms. The Labute approximate surface area is 154 Å². The standard InChI is InChI=1S/C20H24N2O3S/c1-13(2)15-8-10-16(11-9-15)26(24,25)22-14(3)12-18(20(21)23)17-6-4-5-7-19(17)22/h4-11,13-14,18H,12H2,1-3H3,(H2,21,23)/t14-,18-/m0/s1. The zero-order chi connectivity index (χ0) is 19.1. The molecule has 2 atom stereocenters. The lowest BCUT2D eigenvalue weighted by Gasteiger charge is -2.38. The van der Waals surface area contributed by atoms with E-state index in [1.54, 1.807) is 36.4 Å². The number of hydrogen-bond acceptors (Lipinski definition) is 3. The van der Waals surface area contributed by atoms with E-state index in [1.807, 2.05) is 19.1 Å². The Morgan fingerprint density at radius 3 is 2.31 bits per heavy atom. The molecule has 0 radical (unpaired) electrons. The number of anilines is 1. The van der Waals surface area contributed by atoms with E-state index in [2.05, 4.69) is 13.8 Å². The lowest BCUT2D eigenvalue weighted by atomic mass is 9.87. The minimum atomic E-state index is -3.73. The van der Waals surface area contributed by atoms with Crippen molar-refractivity contribution in [1.82, 2.24) is 0 Å². The molecule has 1 amide bonds. The SMILES string of the molecule is CC(C)c1ccc(S(=O)(=O)N2c3ccccc3[C@@H](C(N)=O)C[C@@H]2C)cc1. The minimum absolute atomic E-state index is 0.251. The highest BCUT2D eigenvalue weighted by Crippen LogP contribution is 2.41. The summed E-state index contributed by atoms with van der Waals surface area (Å²) >= 11 is 0. The predicted octanol–water partition coefficient (Wildman–Crippen LogP) is 3.37. The van der Waals surface area contributed by atoms with Crippen molar-refractivity contribution in [2.75, 3.05) is 4.31 Å². The van der Waals surface area contributed by atoms with Gasteiger partial charge in [-0.3, -0.25) is 9.10 Å². The van der Waals surface area contributed by atoms with Gasteiger partial charge in [0.05, 0.1) is 16.5 Å². The number of nitrogens with zero attached hydrogens (tertiary/aromatic N) is 1. The summed E-state index contributed by atoms with van der Waals surface area (Å²) in [6.45, 7) is 5.94. The van der Waals surface area contributed by atoms with Gasteiger partial charge < -0.3 is 5.73 Å². The van der Waals surface area contributed by atoms with Crippen molar-refractivity contribution in [3.8, 4) is 0 Å². The largest absolute Gasteiger partial charge is 0.369 e. The van der Waals surface area contributed by atoms with E-state index < -0.39 is 21.8 Å². The first-order valence-electron chi connectivity index (χ1n) is 8.76. The molecule has 0 spiro atoms. The van der Waals surface area contributed by atoms with Crippen LogP contribution >= 0.6 is 0 Å². The fourth-order valence-electron chi connectivity index (χ4n) is 3.56. The molecule has 0 saturated carbocycles. The number of fused-ring (bicyclic) bond motifs is 1. The zero-order valence-electron chi connectivity index (χ0n) is 15.2. The van der Waals surface area contributed by atoms with Gasteiger partial charge in [0.15, 0.2) is 0 Å². The molecule has 5 nitrogen and oxygen atoms in total. The number of nitrogens with two attached hydrogens (primary N) is 1. The maximum absolute atomic E-state index is 13.3. The fourth-order valence-corrected chi connectivity index (χ4v) is 5.25. The van der Waals surface area contributed by atoms with Gasteiger partial charge >= 0.3 is 0 Å². The highest BCUT2D eigenvalue weighted by molar-refractivity contribution is 7.92. The predicted molar refractivity (Wildman–Crippen MR) is 103 cm³/mol. The van der Waals surface area contributed by atoms with Crippen LogP contribution in [0, 0.1) is 0 Å². The summed E-state index contributed by atoms with van der Waals surface area (Å²) in [5, 5.41) is 0. The number of hydrogen-bond donors (Lipinski definition) is 1. The van der Waals surface area contributed by atoms with E-state index in [4.69, 9.17) is 5.73 Å². The third-order valence-electron chi connectivity index (χ3n) is 4.97. The molecular formula is C20H24N2O3S. The van der Waals surface area contributed by atoms with Crippen LogP contribution in [0.5, 0.6) is 0 Å². The maximum atomic E-state index is 13.3. The third-order valence-corrected chi connectivity index (χ3v) is 6.92. The molecule has 1 aliphatic rings. The van der Waals surface area contributed by atoms with Crippen molar-refractivity contribution in [2.45, 2.75) is 50.0 Å². The molecule has 2 aromatic carbocycles. The van der Waals surface area contributed by atoms with Crippen molar-refractivity contribution in [3.05, 3.63) is 59.7 Å². The molecule has 0 fully saturated rings. The summed E-state index contributed by atoms with van der Waals surface area (Å²) < 4.78 is 28.1. The van der Waals surface area contributed by atoms with Crippen LogP contribution in [0.1, 0.15) is 50.2 Å². The van der Waals surface area contributed by atoms with Gasteiger partial charge in [0.1, 0.15) is 0 Å². The summed E-state index contributed by atoms with van der Waals surface area (Å²) in [7, 11) is -3.73. The number of rotatable bonds is 4. The Kier molecular flexibility index (Phi) is 4.80. The minimum Gasteiger partial charge on any atom is -0.369 e. The van der Waals surface area contributed by atoms with Crippen LogP contribution in [-0.4, -0.2) is 20.4 Å². The molecule has 1 heterocycles. The van der Waals surface area contributed by atoms with Crippen molar-refractivity contribution in [1.29, 1.82) is 0 Å². The molecule has 0 bridgehead atoms. The Morgan fingerprint density at radius 1 is 1.12 bits per heavy atom. The highest BCUT2D eigenvalue weighted by Gasteiger charge is 2.39. The van der Waals surface area contributed by atoms with E-state index in [0.29, 0.717) is 23.6 Å². The summed E-state index contributed by atoms with van der Waals surface area (Å²) in [4.78, 5) is 12.1. The van der Waals surface area contributed by atoms with E-state index in [-0.39, 0.29) is 10.9 Å². The van der Waals surface area contributed by atoms with E-state index in [9.17, 15) is 13.2 Å². The van der Waals surface area contributed by atoms with Crippen LogP contribution in [0.25, 0.3) is 0 Å². The number of carbonyl (C=O) groups excluding carboxylic acids is 1. The van der Waals surface area contributed by atoms with Crippen LogP contribution < -0.4 is 10.0 Å². The normalized spacial score (nSPS) is 20.1. The molecule has 2 aromatic rings. The van der Waals surface area contributed by atoms with Gasteiger partial charge in [-0.1, -0.05) is 44.2 Å². The quantitative estimate of drug-likeness (QED) is 0.893. The Bertz CT molecular complexity index is 920. The number of sulfonamides is 1. The third kappa shape index (κ3) is 3.09. The summed E-state index contributed by atoms with van der Waals surface area (Å²) in [6.07, 6.45) is 0.371. The van der Waals surface area contributed by atoms with Crippen molar-refractivity contribution in [2.24, 2.45) is 5.73 Å². The first kappa shape index (κ1) is 18.5. The Morgan fingerprint density at radius 2 is 1.73 bits per heavy atom. The molecule has 0 aliphatic carbocycles. The molecule has 0 aromatic heterocycles. The lowest BCUT2D eigenvalue weighted by Crippen LogP contribution is -2.45. The van der Waals surface area contributed by atoms with Gasteiger partial charge in [0.25, 0.3) is 10.0 Å². The van der Waals surface area contributed by atoms with Crippen LogP contribution in [0.15, 0.2) is 53.4 Å². The lowest BCUT2D eigenvalue weighted by molar-refractivity contribution is -0.119. The molecule has 3 rings (SSSR count). The number of primary amides is 1. The number of carbonyl (C=O) groups is 1. The van der Waals surface area contributed by atoms with Gasteiger partial charge in [0.2, 0.25) is 5.91 Å². The highest BCUT2D eigenvalue weighted by atomic mass is 32.2. The van der Waals surface area contributed by atoms with Crippen LogP contribution in [0.2, 0.25) is 0 Å². The van der Waals surface area contributed by atoms with Crippen LogP contribution in [0.4, 0.5) is 5.69 Å². The van der Waals surface area contributed by atoms with E-state index in [0.717, 1.165) is 5.56 Å². The first-order valence-corrected chi connectivity index (χ1v) is 10.2. The second kappa shape index (κ2) is 6.76. The molecular weight excluding hydrogens is 348 g/mol. The van der Waals surface area contributed by atoms with Gasteiger partial charge in [-0.25, -0.2) is 8.42 Å². The molecule has 2 N–H and O–H groups in total. The average molecular weight is 372 g/mol. The van der Waals surface area contributed by atoms with Crippen LogP contribution in [-0.2, 0) is 14.8 Å². The molecule has 0 unspecified atom stereocenters. The molecule has 1 aliphatic heterocycles. The first-order chi connectivity index (χ1) is 12.2. The second-order valence-electron chi connectivity index (χ2n) is 7.12. The Balaban J connectivity index is 2.09. The Hall–Kier alpha value is -2.34. The van der Waals surface area contributed by atoms with Gasteiger partial charge in [-0.15, -0.1) is 0 Å². The second-order valence-corrected chi connectivity index (χ2v) is 8.94. The maximum Gasteiger partial charge on any atom is 0.264 e. The molecule has 138 valence electrons. The number of para-hydroxylation sites is 1. The molecule has 6 heteroatoms. The van der Waals surface area contributed by atoms with Crippen molar-refractivity contribution in [3.63, 3.8) is 0 Å². The van der Waals surface area contributed by atoms with E-state index in [1.165, 1.54) is 4.31 Å². The van der Waals surface area contributed by atoms with Gasteiger partial charge in [-0.05, 0) is 48.6 Å². The van der Waals surface area contributed by atoms with Gasteiger partial charge in [0, 0.05) is 6.04 Å². The smallest absolute Gasteiger partial charge is 0.264 e.